The van der Waals surface area contributed by atoms with Crippen LogP contribution in [-0.4, -0.2) is 64.9 Å². The van der Waals surface area contributed by atoms with Gasteiger partial charge in [0.25, 0.3) is 0 Å². The summed E-state index contributed by atoms with van der Waals surface area (Å²) in [6, 6.07) is 6.13. The second-order valence-corrected chi connectivity index (χ2v) is 9.25. The van der Waals surface area contributed by atoms with E-state index in [9.17, 15) is 32.7 Å². The number of benzene rings is 2. The van der Waals surface area contributed by atoms with Crippen molar-refractivity contribution in [1.29, 1.82) is 0 Å². The van der Waals surface area contributed by atoms with Crippen LogP contribution < -0.4 is 0 Å². The summed E-state index contributed by atoms with van der Waals surface area (Å²) in [5, 5.41) is 39.2. The number of rotatable bonds is 5. The molecule has 1 unspecified atom stereocenters. The van der Waals surface area contributed by atoms with Gasteiger partial charge in [-0.15, -0.1) is 5.10 Å². The van der Waals surface area contributed by atoms with Gasteiger partial charge in [-0.25, -0.2) is 17.9 Å². The topological polar surface area (TPSA) is 118 Å². The maximum Gasteiger partial charge on any atom is 0.194 e. The van der Waals surface area contributed by atoms with Gasteiger partial charge in [-0.2, -0.15) is 0 Å². The van der Waals surface area contributed by atoms with Crippen molar-refractivity contribution in [3.8, 4) is 11.3 Å². The summed E-state index contributed by atoms with van der Waals surface area (Å²) in [4.78, 5) is 0.284. The minimum Gasteiger partial charge on any atom is -0.394 e. The van der Waals surface area contributed by atoms with Crippen molar-refractivity contribution in [3.63, 3.8) is 0 Å². The molecule has 8 nitrogen and oxygen atoms in total. The van der Waals surface area contributed by atoms with Crippen LogP contribution in [0.5, 0.6) is 0 Å². The molecule has 6 atom stereocenters. The van der Waals surface area contributed by atoms with Crippen LogP contribution in [0.2, 0.25) is 5.02 Å². The summed E-state index contributed by atoms with van der Waals surface area (Å²) in [6.45, 7) is -0.658. The monoisotopic (exact) mass is 503 g/mol. The largest absolute Gasteiger partial charge is 0.394 e. The molecule has 4 rings (SSSR count). The molecule has 3 aromatic rings. The van der Waals surface area contributed by atoms with Crippen molar-refractivity contribution in [1.82, 2.24) is 15.0 Å². The molecule has 0 bridgehead atoms. The molecule has 1 saturated heterocycles. The number of nitrogens with zero attached hydrogens (tertiary/aromatic N) is 3. The second kappa shape index (κ2) is 9.49. The first-order valence-electron chi connectivity index (χ1n) is 9.56. The highest BCUT2D eigenvalue weighted by Crippen LogP contribution is 2.34. The lowest BCUT2D eigenvalue weighted by molar-refractivity contribution is -0.179. The van der Waals surface area contributed by atoms with Crippen molar-refractivity contribution < 1.29 is 37.4 Å². The Bertz CT molecular complexity index is 1160. The molecule has 2 heterocycles. The molecule has 0 spiro atoms. The fraction of sp³-hybridized carbons (Fsp3) is 0.300. The van der Waals surface area contributed by atoms with E-state index < -0.39 is 64.6 Å². The van der Waals surface area contributed by atoms with Gasteiger partial charge < -0.3 is 20.1 Å². The second-order valence-electron chi connectivity index (χ2n) is 7.29. The van der Waals surface area contributed by atoms with E-state index in [4.69, 9.17) is 16.3 Å². The molecule has 0 aliphatic carbocycles. The zero-order valence-electron chi connectivity index (χ0n) is 16.6. The predicted octanol–water partition coefficient (Wildman–Crippen LogP) is 1.80. The fourth-order valence-corrected chi connectivity index (χ4v) is 4.97. The summed E-state index contributed by atoms with van der Waals surface area (Å²) in [7, 11) is -1.93. The SMILES string of the molecule is O=S(c1ccc(Cl)cc1)[C@H]1O[C@H](CO)[C@H](O)[C@H](n2cc(-c3cc(F)c(F)c(F)c3)nn2)[C@H]1O. The molecule has 0 saturated carbocycles. The Morgan fingerprint density at radius 1 is 1.09 bits per heavy atom. The Morgan fingerprint density at radius 2 is 1.73 bits per heavy atom. The van der Waals surface area contributed by atoms with Gasteiger partial charge in [0.1, 0.15) is 30.0 Å². The van der Waals surface area contributed by atoms with Crippen molar-refractivity contribution in [2.45, 2.75) is 34.7 Å². The lowest BCUT2D eigenvalue weighted by Crippen LogP contribution is -2.57. The van der Waals surface area contributed by atoms with Gasteiger partial charge in [0.15, 0.2) is 22.9 Å². The van der Waals surface area contributed by atoms with E-state index in [0.717, 1.165) is 16.8 Å². The van der Waals surface area contributed by atoms with Crippen LogP contribution in [0.1, 0.15) is 6.04 Å². The molecule has 33 heavy (non-hydrogen) atoms. The van der Waals surface area contributed by atoms with E-state index in [1.165, 1.54) is 30.5 Å². The first-order valence-corrected chi connectivity index (χ1v) is 11.2. The molecule has 3 N–H and O–H groups in total. The number of halogens is 4. The Hall–Kier alpha value is -2.35. The van der Waals surface area contributed by atoms with Gasteiger partial charge in [0.2, 0.25) is 0 Å². The fourth-order valence-electron chi connectivity index (χ4n) is 3.52. The molecule has 2 aromatic carbocycles. The van der Waals surface area contributed by atoms with Gasteiger partial charge in [0, 0.05) is 15.5 Å². The standard InChI is InChI=1S/C20H17ClF3N3O5S/c21-10-1-3-11(4-2-10)33(31)20-19(30)17(18(29)15(8-28)32-20)27-7-14(25-26-27)9-5-12(22)16(24)13(23)6-9/h1-7,15,17-20,28-30H,8H2/t15-,17+,18+,19-,20-,33?/m1/s1. The highest BCUT2D eigenvalue weighted by molar-refractivity contribution is 7.85. The van der Waals surface area contributed by atoms with Gasteiger partial charge in [-0.3, -0.25) is 4.21 Å². The lowest BCUT2D eigenvalue weighted by atomic mass is 9.97. The Morgan fingerprint density at radius 3 is 2.33 bits per heavy atom. The van der Waals surface area contributed by atoms with E-state index in [2.05, 4.69) is 10.3 Å². The first kappa shape index (κ1) is 23.8. The van der Waals surface area contributed by atoms with Gasteiger partial charge in [0.05, 0.1) is 23.6 Å². The van der Waals surface area contributed by atoms with Gasteiger partial charge in [-0.1, -0.05) is 16.8 Å². The zero-order valence-corrected chi connectivity index (χ0v) is 18.1. The van der Waals surface area contributed by atoms with E-state index in [1.807, 2.05) is 0 Å². The average molecular weight is 504 g/mol. The summed E-state index contributed by atoms with van der Waals surface area (Å²) in [5.74, 6) is -4.49. The third-order valence-corrected chi connectivity index (χ3v) is 7.00. The number of aliphatic hydroxyl groups is 3. The minimum atomic E-state index is -1.93. The van der Waals surface area contributed by atoms with E-state index in [-0.39, 0.29) is 16.2 Å². The van der Waals surface area contributed by atoms with Crippen LogP contribution in [-0.2, 0) is 15.5 Å². The Balaban J connectivity index is 1.67. The lowest BCUT2D eigenvalue weighted by Gasteiger charge is -2.41. The van der Waals surface area contributed by atoms with Crippen molar-refractivity contribution >= 4 is 22.4 Å². The van der Waals surface area contributed by atoms with Crippen LogP contribution in [0.4, 0.5) is 13.2 Å². The highest BCUT2D eigenvalue weighted by Gasteiger charge is 2.48. The zero-order chi connectivity index (χ0) is 23.9. The quantitative estimate of drug-likeness (QED) is 0.454. The molecule has 176 valence electrons. The van der Waals surface area contributed by atoms with Crippen LogP contribution >= 0.6 is 11.6 Å². The Kier molecular flexibility index (Phi) is 6.84. The van der Waals surface area contributed by atoms with Crippen LogP contribution in [0.3, 0.4) is 0 Å². The number of ether oxygens (including phenoxy) is 1. The normalized spacial score (nSPS) is 26.3. The Labute approximate surface area is 192 Å². The number of hydrogen-bond donors (Lipinski definition) is 3. The van der Waals surface area contributed by atoms with E-state index in [0.29, 0.717) is 5.02 Å². The van der Waals surface area contributed by atoms with Crippen LogP contribution in [0.25, 0.3) is 11.3 Å². The number of aliphatic hydroxyl groups excluding tert-OH is 3. The molecular formula is C20H17ClF3N3O5S. The summed E-state index contributed by atoms with van der Waals surface area (Å²) in [5.41, 5.74) is -1.58. The van der Waals surface area contributed by atoms with Crippen molar-refractivity contribution in [3.05, 3.63) is 65.1 Å². The van der Waals surface area contributed by atoms with Crippen molar-refractivity contribution in [2.75, 3.05) is 6.61 Å². The molecule has 0 amide bonds. The maximum atomic E-state index is 13.6. The molecule has 1 aromatic heterocycles. The number of hydrogen-bond acceptors (Lipinski definition) is 7. The number of aromatic nitrogens is 3. The molecular weight excluding hydrogens is 487 g/mol. The van der Waals surface area contributed by atoms with Crippen molar-refractivity contribution in [2.24, 2.45) is 0 Å². The van der Waals surface area contributed by atoms with E-state index in [1.54, 1.807) is 0 Å². The molecule has 1 fully saturated rings. The summed E-state index contributed by atoms with van der Waals surface area (Å²) >= 11 is 5.85. The van der Waals surface area contributed by atoms with Crippen LogP contribution in [0, 0.1) is 17.5 Å². The predicted molar refractivity (Wildman–Crippen MR) is 110 cm³/mol. The van der Waals surface area contributed by atoms with Crippen LogP contribution in [0.15, 0.2) is 47.5 Å². The maximum absolute atomic E-state index is 13.6. The molecule has 13 heteroatoms. The third kappa shape index (κ3) is 4.54. The molecule has 0 radical (unpaired) electrons. The van der Waals surface area contributed by atoms with Gasteiger partial charge in [-0.05, 0) is 36.4 Å². The molecule has 1 aliphatic heterocycles. The molecule has 1 aliphatic rings. The highest BCUT2D eigenvalue weighted by atomic mass is 35.5. The smallest absolute Gasteiger partial charge is 0.194 e. The average Bonchev–Trinajstić information content (AvgIpc) is 3.27. The third-order valence-electron chi connectivity index (χ3n) is 5.20. The summed E-state index contributed by atoms with van der Waals surface area (Å²) < 4.78 is 60.0. The van der Waals surface area contributed by atoms with E-state index >= 15 is 0 Å². The van der Waals surface area contributed by atoms with Gasteiger partial charge >= 0.3 is 0 Å². The minimum absolute atomic E-state index is 0.0744. The summed E-state index contributed by atoms with van der Waals surface area (Å²) in [6.07, 6.45) is -3.14. The first-order chi connectivity index (χ1) is 15.7.